The van der Waals surface area contributed by atoms with E-state index in [0.717, 1.165) is 11.5 Å². The highest BCUT2D eigenvalue weighted by Crippen LogP contribution is 2.27. The van der Waals surface area contributed by atoms with Gasteiger partial charge in [0.1, 0.15) is 11.5 Å². The largest absolute Gasteiger partial charge is 0.495 e. The Balaban J connectivity index is 1.85. The molecule has 0 bridgehead atoms. The van der Waals surface area contributed by atoms with Crippen molar-refractivity contribution < 1.29 is 14.1 Å². The van der Waals surface area contributed by atoms with Crippen molar-refractivity contribution in [2.75, 3.05) is 19.0 Å². The third-order valence-corrected chi connectivity index (χ3v) is 2.98. The quantitative estimate of drug-likeness (QED) is 0.890. The van der Waals surface area contributed by atoms with Gasteiger partial charge >= 0.3 is 6.03 Å². The lowest BCUT2D eigenvalue weighted by molar-refractivity contribution is 0.251. The first-order valence-corrected chi connectivity index (χ1v) is 6.77. The Hall–Kier alpha value is -2.21. The molecule has 0 atom stereocenters. The lowest BCUT2D eigenvalue weighted by atomic mass is 10.3. The predicted octanol–water partition coefficient (Wildman–Crippen LogP) is 3.01. The van der Waals surface area contributed by atoms with Gasteiger partial charge in [-0.1, -0.05) is 16.8 Å². The van der Waals surface area contributed by atoms with E-state index in [4.69, 9.17) is 20.9 Å². The zero-order valence-corrected chi connectivity index (χ0v) is 12.5. The molecule has 0 radical (unpaired) electrons. The number of nitrogens with zero attached hydrogens (tertiary/aromatic N) is 1. The average Bonchev–Trinajstić information content (AvgIpc) is 2.85. The fourth-order valence-corrected chi connectivity index (χ4v) is 1.95. The maximum Gasteiger partial charge on any atom is 0.319 e. The molecule has 0 aliphatic rings. The smallest absolute Gasteiger partial charge is 0.319 e. The molecule has 0 saturated heterocycles. The van der Waals surface area contributed by atoms with Crippen molar-refractivity contribution in [1.82, 2.24) is 10.5 Å². The molecule has 2 N–H and O–H groups in total. The van der Waals surface area contributed by atoms with Crippen LogP contribution in [0.15, 0.2) is 28.8 Å². The summed E-state index contributed by atoms with van der Waals surface area (Å²) >= 11 is 5.90. The first-order valence-electron chi connectivity index (χ1n) is 6.39. The molecule has 0 aliphatic carbocycles. The lowest BCUT2D eigenvalue weighted by Crippen LogP contribution is -2.30. The van der Waals surface area contributed by atoms with Gasteiger partial charge in [0.25, 0.3) is 0 Å². The SMILES string of the molecule is COc1ccc(Cl)cc1NC(=O)NCCc1cc(C)no1. The zero-order valence-electron chi connectivity index (χ0n) is 11.8. The minimum Gasteiger partial charge on any atom is -0.495 e. The van der Waals surface area contributed by atoms with Crippen LogP contribution in [0.3, 0.4) is 0 Å². The summed E-state index contributed by atoms with van der Waals surface area (Å²) in [6.07, 6.45) is 0.570. The number of nitrogens with one attached hydrogen (secondary N) is 2. The number of anilines is 1. The highest BCUT2D eigenvalue weighted by atomic mass is 35.5. The Kier molecular flexibility index (Phi) is 5.05. The maximum atomic E-state index is 11.8. The molecule has 1 aromatic carbocycles. The number of carbonyl (C=O) groups is 1. The number of halogens is 1. The van der Waals surface area contributed by atoms with Gasteiger partial charge in [0.05, 0.1) is 18.5 Å². The third kappa shape index (κ3) is 4.39. The second-order valence-electron chi connectivity index (χ2n) is 4.41. The van der Waals surface area contributed by atoms with Crippen LogP contribution in [0.1, 0.15) is 11.5 Å². The number of aromatic nitrogens is 1. The molecule has 2 amide bonds. The number of methoxy groups -OCH3 is 1. The van der Waals surface area contributed by atoms with Crippen molar-refractivity contribution in [1.29, 1.82) is 0 Å². The molecule has 0 unspecified atom stereocenters. The van der Waals surface area contributed by atoms with Gasteiger partial charge < -0.3 is 19.9 Å². The zero-order chi connectivity index (χ0) is 15.2. The normalized spacial score (nSPS) is 10.2. The minimum absolute atomic E-state index is 0.341. The average molecular weight is 310 g/mol. The molecule has 6 nitrogen and oxygen atoms in total. The summed E-state index contributed by atoms with van der Waals surface area (Å²) in [5.41, 5.74) is 1.33. The molecule has 2 rings (SSSR count). The number of urea groups is 1. The standard InChI is InChI=1S/C14H16ClN3O3/c1-9-7-11(21-18-9)5-6-16-14(19)17-12-8-10(15)3-4-13(12)20-2/h3-4,7-8H,5-6H2,1-2H3,(H2,16,17,19). The summed E-state index contributed by atoms with van der Waals surface area (Å²) in [6.45, 7) is 2.28. The maximum absolute atomic E-state index is 11.8. The van der Waals surface area contributed by atoms with E-state index in [2.05, 4.69) is 15.8 Å². The molecule has 0 aliphatic heterocycles. The molecule has 0 fully saturated rings. The van der Waals surface area contributed by atoms with E-state index in [-0.39, 0.29) is 6.03 Å². The van der Waals surface area contributed by atoms with Crippen LogP contribution >= 0.6 is 11.6 Å². The molecule has 0 saturated carbocycles. The highest BCUT2D eigenvalue weighted by molar-refractivity contribution is 6.31. The van der Waals surface area contributed by atoms with Gasteiger partial charge in [-0.05, 0) is 25.1 Å². The van der Waals surface area contributed by atoms with Gasteiger partial charge in [-0.2, -0.15) is 0 Å². The number of amides is 2. The van der Waals surface area contributed by atoms with Gasteiger partial charge in [0, 0.05) is 24.1 Å². The number of carbonyl (C=O) groups excluding carboxylic acids is 1. The van der Waals surface area contributed by atoms with Crippen LogP contribution in [0.5, 0.6) is 5.75 Å². The van der Waals surface area contributed by atoms with Crippen LogP contribution in [0, 0.1) is 6.92 Å². The highest BCUT2D eigenvalue weighted by Gasteiger charge is 2.08. The number of benzene rings is 1. The van der Waals surface area contributed by atoms with Crippen LogP contribution in [0.4, 0.5) is 10.5 Å². The van der Waals surface area contributed by atoms with Gasteiger partial charge in [0.15, 0.2) is 0 Å². The van der Waals surface area contributed by atoms with Crippen molar-refractivity contribution in [2.24, 2.45) is 0 Å². The van der Waals surface area contributed by atoms with Crippen molar-refractivity contribution in [2.45, 2.75) is 13.3 Å². The summed E-state index contributed by atoms with van der Waals surface area (Å²) < 4.78 is 10.2. The molecular formula is C14H16ClN3O3. The summed E-state index contributed by atoms with van der Waals surface area (Å²) in [4.78, 5) is 11.8. The summed E-state index contributed by atoms with van der Waals surface area (Å²) in [7, 11) is 1.53. The Morgan fingerprint density at radius 3 is 2.90 bits per heavy atom. The van der Waals surface area contributed by atoms with E-state index in [1.165, 1.54) is 7.11 Å². The van der Waals surface area contributed by atoms with Gasteiger partial charge in [-0.3, -0.25) is 0 Å². The van der Waals surface area contributed by atoms with E-state index in [1.54, 1.807) is 18.2 Å². The van der Waals surface area contributed by atoms with E-state index in [0.29, 0.717) is 29.4 Å². The van der Waals surface area contributed by atoms with E-state index in [1.807, 2.05) is 13.0 Å². The van der Waals surface area contributed by atoms with Crippen LogP contribution in [0.25, 0.3) is 0 Å². The van der Waals surface area contributed by atoms with Crippen molar-refractivity contribution in [3.63, 3.8) is 0 Å². The van der Waals surface area contributed by atoms with Crippen LogP contribution < -0.4 is 15.4 Å². The number of hydrogen-bond donors (Lipinski definition) is 2. The number of aryl methyl sites for hydroxylation is 1. The molecule has 7 heteroatoms. The summed E-state index contributed by atoms with van der Waals surface area (Å²) in [5.74, 6) is 1.27. The second kappa shape index (κ2) is 6.99. The molecule has 2 aromatic rings. The Morgan fingerprint density at radius 2 is 2.24 bits per heavy atom. The van der Waals surface area contributed by atoms with Crippen LogP contribution in [0.2, 0.25) is 5.02 Å². The molecule has 1 aromatic heterocycles. The summed E-state index contributed by atoms with van der Waals surface area (Å²) in [6, 6.07) is 6.50. The number of hydrogen-bond acceptors (Lipinski definition) is 4. The molecule has 1 heterocycles. The first kappa shape index (κ1) is 15.2. The lowest BCUT2D eigenvalue weighted by Gasteiger charge is -2.11. The van der Waals surface area contributed by atoms with E-state index in [9.17, 15) is 4.79 Å². The Morgan fingerprint density at radius 1 is 1.43 bits per heavy atom. The van der Waals surface area contributed by atoms with Crippen molar-refractivity contribution >= 4 is 23.3 Å². The molecule has 0 spiro atoms. The summed E-state index contributed by atoms with van der Waals surface area (Å²) in [5, 5.41) is 9.71. The monoisotopic (exact) mass is 309 g/mol. The van der Waals surface area contributed by atoms with Crippen molar-refractivity contribution in [3.05, 3.63) is 40.7 Å². The molecule has 21 heavy (non-hydrogen) atoms. The van der Waals surface area contributed by atoms with Crippen molar-refractivity contribution in [3.8, 4) is 5.75 Å². The van der Waals surface area contributed by atoms with Gasteiger partial charge in [-0.15, -0.1) is 0 Å². The fourth-order valence-electron chi connectivity index (χ4n) is 1.78. The number of rotatable bonds is 5. The van der Waals surface area contributed by atoms with Gasteiger partial charge in [-0.25, -0.2) is 4.79 Å². The van der Waals surface area contributed by atoms with E-state index >= 15 is 0 Å². The second-order valence-corrected chi connectivity index (χ2v) is 4.85. The third-order valence-electron chi connectivity index (χ3n) is 2.74. The molecule has 112 valence electrons. The van der Waals surface area contributed by atoms with Gasteiger partial charge in [0.2, 0.25) is 0 Å². The predicted molar refractivity (Wildman–Crippen MR) is 80.0 cm³/mol. The van der Waals surface area contributed by atoms with Crippen LogP contribution in [-0.4, -0.2) is 24.8 Å². The topological polar surface area (TPSA) is 76.4 Å². The van der Waals surface area contributed by atoms with E-state index < -0.39 is 0 Å². The van der Waals surface area contributed by atoms with Crippen LogP contribution in [-0.2, 0) is 6.42 Å². The molecular weight excluding hydrogens is 294 g/mol. The Labute approximate surface area is 127 Å². The fraction of sp³-hybridized carbons (Fsp3) is 0.286. The minimum atomic E-state index is -0.341. The Bertz CT molecular complexity index is 628. The first-order chi connectivity index (χ1) is 10.1. The number of ether oxygens (including phenoxy) is 1.